The van der Waals surface area contributed by atoms with Crippen LogP contribution < -0.4 is 14.4 Å². The van der Waals surface area contributed by atoms with Gasteiger partial charge in [0.05, 0.1) is 45.6 Å². The summed E-state index contributed by atoms with van der Waals surface area (Å²) >= 11 is 6.22. The number of hydrogen-bond donors (Lipinski definition) is 1. The molecule has 0 fully saturated rings. The topological polar surface area (TPSA) is 99.5 Å². The molecule has 1 N–H and O–H groups in total. The normalized spacial score (nSPS) is 10.8. The van der Waals surface area contributed by atoms with Crippen molar-refractivity contribution in [2.45, 2.75) is 11.8 Å². The first-order chi connectivity index (χ1) is 15.3. The van der Waals surface area contributed by atoms with E-state index >= 15 is 0 Å². The predicted octanol–water partition coefficient (Wildman–Crippen LogP) is 4.69. The number of benzene rings is 3. The Morgan fingerprint density at radius 3 is 2.47 bits per heavy atom. The highest BCUT2D eigenvalue weighted by Gasteiger charge is 2.25. The molecule has 0 radical (unpaired) electrons. The van der Waals surface area contributed by atoms with Crippen molar-refractivity contribution in [1.29, 1.82) is 5.26 Å². The van der Waals surface area contributed by atoms with E-state index in [0.717, 1.165) is 0 Å². The van der Waals surface area contributed by atoms with Gasteiger partial charge in [0.25, 0.3) is 15.9 Å². The lowest BCUT2D eigenvalue weighted by molar-refractivity contribution is 0.102. The number of nitrogens with one attached hydrogen (secondary N) is 1. The Kier molecular flexibility index (Phi) is 7.03. The summed E-state index contributed by atoms with van der Waals surface area (Å²) in [5.74, 6) is -0.290. The number of rotatable bonds is 7. The Morgan fingerprint density at radius 1 is 1.12 bits per heavy atom. The van der Waals surface area contributed by atoms with Gasteiger partial charge in [0.2, 0.25) is 0 Å². The number of amides is 1. The molecule has 0 spiro atoms. The third-order valence-electron chi connectivity index (χ3n) is 4.68. The largest absolute Gasteiger partial charge is 0.495 e. The van der Waals surface area contributed by atoms with Gasteiger partial charge in [-0.1, -0.05) is 29.8 Å². The fraction of sp³-hybridized carbons (Fsp3) is 0.130. The van der Waals surface area contributed by atoms with E-state index in [1.165, 1.54) is 35.7 Å². The van der Waals surface area contributed by atoms with Crippen molar-refractivity contribution in [2.75, 3.05) is 23.3 Å². The van der Waals surface area contributed by atoms with Crippen LogP contribution in [-0.2, 0) is 10.0 Å². The summed E-state index contributed by atoms with van der Waals surface area (Å²) in [6.07, 6.45) is 0. The zero-order valence-electron chi connectivity index (χ0n) is 17.4. The quantitative estimate of drug-likeness (QED) is 0.541. The van der Waals surface area contributed by atoms with Gasteiger partial charge in [-0.15, -0.1) is 0 Å². The smallest absolute Gasteiger partial charge is 0.264 e. The van der Waals surface area contributed by atoms with Gasteiger partial charge in [-0.25, -0.2) is 8.42 Å². The molecule has 0 saturated heterocycles. The van der Waals surface area contributed by atoms with Crippen LogP contribution in [0.4, 0.5) is 11.4 Å². The van der Waals surface area contributed by atoms with Crippen molar-refractivity contribution in [3.8, 4) is 11.8 Å². The van der Waals surface area contributed by atoms with Gasteiger partial charge in [-0.2, -0.15) is 5.26 Å². The summed E-state index contributed by atoms with van der Waals surface area (Å²) in [6.45, 7) is 1.93. The van der Waals surface area contributed by atoms with Gasteiger partial charge in [0.15, 0.2) is 0 Å². The lowest BCUT2D eigenvalue weighted by Gasteiger charge is -2.23. The molecule has 0 aliphatic rings. The van der Waals surface area contributed by atoms with Crippen molar-refractivity contribution in [3.63, 3.8) is 0 Å². The number of nitrogens with zero attached hydrogens (tertiary/aromatic N) is 2. The lowest BCUT2D eigenvalue weighted by Crippen LogP contribution is -2.31. The molecule has 164 valence electrons. The van der Waals surface area contributed by atoms with Crippen LogP contribution in [0.2, 0.25) is 5.02 Å². The van der Waals surface area contributed by atoms with Gasteiger partial charge in [-0.05, 0) is 55.5 Å². The number of carbonyl (C=O) groups excluding carboxylic acids is 1. The van der Waals surface area contributed by atoms with E-state index in [9.17, 15) is 13.2 Å². The highest BCUT2D eigenvalue weighted by atomic mass is 35.5. The zero-order chi connectivity index (χ0) is 23.3. The predicted molar refractivity (Wildman–Crippen MR) is 124 cm³/mol. The van der Waals surface area contributed by atoms with E-state index in [2.05, 4.69) is 5.32 Å². The third kappa shape index (κ3) is 4.69. The van der Waals surface area contributed by atoms with E-state index < -0.39 is 15.9 Å². The highest BCUT2D eigenvalue weighted by molar-refractivity contribution is 7.92. The highest BCUT2D eigenvalue weighted by Crippen LogP contribution is 2.29. The first-order valence-electron chi connectivity index (χ1n) is 9.58. The number of ether oxygens (including phenoxy) is 1. The van der Waals surface area contributed by atoms with Gasteiger partial charge in [0, 0.05) is 6.54 Å². The monoisotopic (exact) mass is 469 g/mol. The van der Waals surface area contributed by atoms with Crippen LogP contribution in [0, 0.1) is 11.3 Å². The SMILES string of the molecule is CCN(c1ccccc1)S(=O)(=O)c1ccc(Cl)c(C(=O)Nc2cc(C#N)ccc2OC)c1. The minimum atomic E-state index is -3.95. The Hall–Kier alpha value is -3.54. The molecular weight excluding hydrogens is 450 g/mol. The minimum Gasteiger partial charge on any atom is -0.495 e. The number of hydrogen-bond acceptors (Lipinski definition) is 5. The third-order valence-corrected chi connectivity index (χ3v) is 6.91. The van der Waals surface area contributed by atoms with E-state index in [1.807, 2.05) is 6.07 Å². The molecule has 0 saturated carbocycles. The number of halogens is 1. The van der Waals surface area contributed by atoms with Crippen LogP contribution >= 0.6 is 11.6 Å². The maximum Gasteiger partial charge on any atom is 0.264 e. The zero-order valence-corrected chi connectivity index (χ0v) is 18.9. The number of carbonyl (C=O) groups is 1. The fourth-order valence-corrected chi connectivity index (χ4v) is 4.82. The van der Waals surface area contributed by atoms with E-state index in [-0.39, 0.29) is 27.7 Å². The second-order valence-electron chi connectivity index (χ2n) is 6.63. The van der Waals surface area contributed by atoms with Crippen LogP contribution in [0.25, 0.3) is 0 Å². The van der Waals surface area contributed by atoms with Gasteiger partial charge in [-0.3, -0.25) is 9.10 Å². The molecular formula is C23H20ClN3O4S. The molecule has 0 bridgehead atoms. The minimum absolute atomic E-state index is 0.0266. The van der Waals surface area contributed by atoms with Crippen molar-refractivity contribution in [1.82, 2.24) is 0 Å². The number of methoxy groups -OCH3 is 1. The Balaban J connectivity index is 1.99. The lowest BCUT2D eigenvalue weighted by atomic mass is 10.1. The van der Waals surface area contributed by atoms with Crippen LogP contribution in [0.5, 0.6) is 5.75 Å². The van der Waals surface area contributed by atoms with Crippen molar-refractivity contribution < 1.29 is 17.9 Å². The molecule has 0 aliphatic heterocycles. The van der Waals surface area contributed by atoms with E-state index in [4.69, 9.17) is 21.6 Å². The van der Waals surface area contributed by atoms with Crippen LogP contribution in [0.15, 0.2) is 71.6 Å². The Labute approximate surface area is 191 Å². The molecule has 0 unspecified atom stereocenters. The molecule has 0 aliphatic carbocycles. The summed E-state index contributed by atoms with van der Waals surface area (Å²) in [7, 11) is -2.52. The number of sulfonamides is 1. The standard InChI is InChI=1S/C23H20ClN3O4S/c1-3-27(17-7-5-4-6-8-17)32(29,30)18-10-11-20(24)19(14-18)23(28)26-21-13-16(15-25)9-12-22(21)31-2/h4-14H,3H2,1-2H3,(H,26,28). The molecule has 0 heterocycles. The first kappa shape index (κ1) is 23.1. The molecule has 3 aromatic rings. The Morgan fingerprint density at radius 2 is 1.84 bits per heavy atom. The van der Waals surface area contributed by atoms with Crippen molar-refractivity contribution >= 4 is 38.9 Å². The van der Waals surface area contributed by atoms with Crippen LogP contribution in [0.3, 0.4) is 0 Å². The molecule has 7 nitrogen and oxygen atoms in total. The maximum absolute atomic E-state index is 13.3. The van der Waals surface area contributed by atoms with Crippen LogP contribution in [0.1, 0.15) is 22.8 Å². The first-order valence-corrected chi connectivity index (χ1v) is 11.4. The molecule has 3 aromatic carbocycles. The number of anilines is 2. The fourth-order valence-electron chi connectivity index (χ4n) is 3.12. The second kappa shape index (κ2) is 9.73. The van der Waals surface area contributed by atoms with Crippen molar-refractivity contribution in [2.24, 2.45) is 0 Å². The molecule has 32 heavy (non-hydrogen) atoms. The number of para-hydroxylation sites is 1. The van der Waals surface area contributed by atoms with Gasteiger partial charge >= 0.3 is 0 Å². The van der Waals surface area contributed by atoms with E-state index in [1.54, 1.807) is 49.4 Å². The maximum atomic E-state index is 13.3. The van der Waals surface area contributed by atoms with Gasteiger partial charge in [0.1, 0.15) is 5.75 Å². The molecule has 1 amide bonds. The van der Waals surface area contributed by atoms with E-state index in [0.29, 0.717) is 17.0 Å². The number of nitriles is 1. The average molecular weight is 470 g/mol. The van der Waals surface area contributed by atoms with Gasteiger partial charge < -0.3 is 10.1 Å². The summed E-state index contributed by atoms with van der Waals surface area (Å²) in [5, 5.41) is 11.8. The summed E-state index contributed by atoms with van der Waals surface area (Å²) < 4.78 is 33.0. The molecule has 0 aromatic heterocycles. The van der Waals surface area contributed by atoms with Crippen molar-refractivity contribution in [3.05, 3.63) is 82.9 Å². The average Bonchev–Trinajstić information content (AvgIpc) is 2.80. The molecule has 0 atom stereocenters. The second-order valence-corrected chi connectivity index (χ2v) is 8.90. The molecule has 9 heteroatoms. The van der Waals surface area contributed by atoms with Crippen LogP contribution in [-0.4, -0.2) is 28.0 Å². The molecule has 3 rings (SSSR count). The summed E-state index contributed by atoms with van der Waals surface area (Å²) in [6, 6.07) is 19.2. The Bertz CT molecular complexity index is 1290. The summed E-state index contributed by atoms with van der Waals surface area (Å²) in [5.41, 5.74) is 1.07. The summed E-state index contributed by atoms with van der Waals surface area (Å²) in [4.78, 5) is 12.9.